The quantitative estimate of drug-likeness (QED) is 0.719. The molecule has 0 saturated carbocycles. The highest BCUT2D eigenvalue weighted by Crippen LogP contribution is 2.14. The number of carbonyl (C=O) groups excluding carboxylic acids is 1. The molecule has 1 aliphatic rings. The van der Waals surface area contributed by atoms with Crippen LogP contribution in [-0.2, 0) is 4.79 Å². The summed E-state index contributed by atoms with van der Waals surface area (Å²) in [5.41, 5.74) is 0. The predicted octanol–water partition coefficient (Wildman–Crippen LogP) is 1.22. The fourth-order valence-electron chi connectivity index (χ4n) is 2.20. The molecule has 1 rings (SSSR count). The molecule has 0 bridgehead atoms. The molecule has 1 amide bonds. The Bertz CT molecular complexity index is 235. The first kappa shape index (κ1) is 15.4. The molecule has 1 fully saturated rings. The zero-order valence-electron chi connectivity index (χ0n) is 12.2. The topological polar surface area (TPSA) is 44.4 Å². The van der Waals surface area contributed by atoms with E-state index in [0.29, 0.717) is 12.5 Å². The molecule has 0 aromatic heterocycles. The highest BCUT2D eigenvalue weighted by Gasteiger charge is 2.14. The van der Waals surface area contributed by atoms with Gasteiger partial charge in [-0.05, 0) is 31.8 Å². The van der Waals surface area contributed by atoms with Crippen LogP contribution in [-0.4, -0.2) is 49.6 Å². The molecule has 4 heteroatoms. The number of carbonyl (C=O) groups is 1. The minimum absolute atomic E-state index is 0.161. The fraction of sp³-hybridized carbons (Fsp3) is 0.929. The lowest BCUT2D eigenvalue weighted by Gasteiger charge is -2.30. The Morgan fingerprint density at radius 2 is 1.94 bits per heavy atom. The molecular weight excluding hydrogens is 226 g/mol. The largest absolute Gasteiger partial charge is 0.355 e. The highest BCUT2D eigenvalue weighted by molar-refractivity contribution is 5.76. The maximum atomic E-state index is 11.5. The number of hydrogen-bond acceptors (Lipinski definition) is 3. The molecule has 0 aliphatic carbocycles. The summed E-state index contributed by atoms with van der Waals surface area (Å²) in [5, 5.41) is 6.24. The van der Waals surface area contributed by atoms with Crippen LogP contribution < -0.4 is 10.6 Å². The van der Waals surface area contributed by atoms with Crippen molar-refractivity contribution in [3.8, 4) is 0 Å². The Hall–Kier alpha value is -0.610. The van der Waals surface area contributed by atoms with Gasteiger partial charge in [-0.1, -0.05) is 20.8 Å². The van der Waals surface area contributed by atoms with Crippen molar-refractivity contribution in [1.82, 2.24) is 15.5 Å². The van der Waals surface area contributed by atoms with E-state index in [2.05, 4.69) is 36.3 Å². The number of nitrogens with one attached hydrogen (secondary N) is 2. The molecule has 4 nitrogen and oxygen atoms in total. The average Bonchev–Trinajstić information content (AvgIpc) is 2.31. The van der Waals surface area contributed by atoms with Crippen molar-refractivity contribution < 1.29 is 4.79 Å². The summed E-state index contributed by atoms with van der Waals surface area (Å²) in [7, 11) is 0. The summed E-state index contributed by atoms with van der Waals surface area (Å²) in [6.45, 7) is 11.4. The third-order valence-electron chi connectivity index (χ3n) is 3.53. The minimum Gasteiger partial charge on any atom is -0.355 e. The SMILES string of the molecule is CC1CCN(CCNC(=O)CCNC(C)C)CC1. The molecular formula is C14H29N3O. The minimum atomic E-state index is 0.161. The molecule has 1 aliphatic heterocycles. The summed E-state index contributed by atoms with van der Waals surface area (Å²) in [6, 6.07) is 0.452. The molecule has 0 unspecified atom stereocenters. The van der Waals surface area contributed by atoms with Crippen LogP contribution in [0.5, 0.6) is 0 Å². The number of hydrogen-bond donors (Lipinski definition) is 2. The lowest BCUT2D eigenvalue weighted by molar-refractivity contribution is -0.121. The van der Waals surface area contributed by atoms with E-state index < -0.39 is 0 Å². The lowest BCUT2D eigenvalue weighted by Crippen LogP contribution is -2.39. The van der Waals surface area contributed by atoms with Gasteiger partial charge in [0, 0.05) is 32.1 Å². The third kappa shape index (κ3) is 6.97. The Morgan fingerprint density at radius 1 is 1.28 bits per heavy atom. The van der Waals surface area contributed by atoms with E-state index in [1.807, 2.05) is 0 Å². The molecule has 106 valence electrons. The van der Waals surface area contributed by atoms with Crippen molar-refractivity contribution in [3.63, 3.8) is 0 Å². The summed E-state index contributed by atoms with van der Waals surface area (Å²) < 4.78 is 0. The Morgan fingerprint density at radius 3 is 2.56 bits per heavy atom. The van der Waals surface area contributed by atoms with Crippen LogP contribution in [0.25, 0.3) is 0 Å². The van der Waals surface area contributed by atoms with Crippen LogP contribution in [0.1, 0.15) is 40.0 Å². The van der Waals surface area contributed by atoms with Crippen LogP contribution >= 0.6 is 0 Å². The first-order valence-electron chi connectivity index (χ1n) is 7.30. The standard InChI is InChI=1S/C14H29N3O/c1-12(2)15-7-4-14(18)16-8-11-17-9-5-13(3)6-10-17/h12-13,15H,4-11H2,1-3H3,(H,16,18). The molecule has 0 aromatic rings. The van der Waals surface area contributed by atoms with Crippen LogP contribution in [0.3, 0.4) is 0 Å². The van der Waals surface area contributed by atoms with Crippen LogP contribution in [0.4, 0.5) is 0 Å². The fourth-order valence-corrected chi connectivity index (χ4v) is 2.20. The smallest absolute Gasteiger partial charge is 0.221 e. The second kappa shape index (κ2) is 8.48. The zero-order valence-corrected chi connectivity index (χ0v) is 12.2. The van der Waals surface area contributed by atoms with Gasteiger partial charge in [0.1, 0.15) is 0 Å². The normalized spacial score (nSPS) is 18.2. The number of rotatable bonds is 7. The predicted molar refractivity (Wildman–Crippen MR) is 75.6 cm³/mol. The molecule has 0 spiro atoms. The van der Waals surface area contributed by atoms with Crippen molar-refractivity contribution >= 4 is 5.91 Å². The Labute approximate surface area is 111 Å². The van der Waals surface area contributed by atoms with E-state index >= 15 is 0 Å². The maximum Gasteiger partial charge on any atom is 0.221 e. The molecule has 18 heavy (non-hydrogen) atoms. The first-order chi connectivity index (χ1) is 8.58. The first-order valence-corrected chi connectivity index (χ1v) is 7.30. The van der Waals surface area contributed by atoms with Crippen LogP contribution in [0.15, 0.2) is 0 Å². The second-order valence-corrected chi connectivity index (χ2v) is 5.73. The van der Waals surface area contributed by atoms with Crippen molar-refractivity contribution in [2.75, 3.05) is 32.7 Å². The summed E-state index contributed by atoms with van der Waals surface area (Å²) in [6.07, 6.45) is 3.17. The highest BCUT2D eigenvalue weighted by atomic mass is 16.1. The van der Waals surface area contributed by atoms with Crippen LogP contribution in [0.2, 0.25) is 0 Å². The van der Waals surface area contributed by atoms with Gasteiger partial charge in [-0.15, -0.1) is 0 Å². The molecule has 2 N–H and O–H groups in total. The van der Waals surface area contributed by atoms with E-state index in [9.17, 15) is 4.79 Å². The second-order valence-electron chi connectivity index (χ2n) is 5.73. The molecule has 1 heterocycles. The van der Waals surface area contributed by atoms with Gasteiger partial charge in [0.15, 0.2) is 0 Å². The van der Waals surface area contributed by atoms with E-state index in [-0.39, 0.29) is 5.91 Å². The molecule has 0 atom stereocenters. The lowest BCUT2D eigenvalue weighted by atomic mass is 9.99. The summed E-state index contributed by atoms with van der Waals surface area (Å²) >= 11 is 0. The third-order valence-corrected chi connectivity index (χ3v) is 3.53. The van der Waals surface area contributed by atoms with E-state index in [1.54, 1.807) is 0 Å². The number of nitrogens with zero attached hydrogens (tertiary/aromatic N) is 1. The van der Waals surface area contributed by atoms with Gasteiger partial charge in [0.05, 0.1) is 0 Å². The van der Waals surface area contributed by atoms with Crippen molar-refractivity contribution in [1.29, 1.82) is 0 Å². The van der Waals surface area contributed by atoms with Gasteiger partial charge in [-0.3, -0.25) is 4.79 Å². The van der Waals surface area contributed by atoms with Crippen molar-refractivity contribution in [2.45, 2.75) is 46.1 Å². The van der Waals surface area contributed by atoms with Gasteiger partial charge < -0.3 is 15.5 Å². The van der Waals surface area contributed by atoms with Gasteiger partial charge in [0.2, 0.25) is 5.91 Å². The Balaban J connectivity index is 1.98. The number of amides is 1. The van der Waals surface area contributed by atoms with E-state index in [1.165, 1.54) is 25.9 Å². The Kier molecular flexibility index (Phi) is 7.28. The van der Waals surface area contributed by atoms with Crippen LogP contribution in [0, 0.1) is 5.92 Å². The van der Waals surface area contributed by atoms with Crippen molar-refractivity contribution in [2.24, 2.45) is 5.92 Å². The van der Waals surface area contributed by atoms with E-state index in [0.717, 1.165) is 25.6 Å². The number of piperidine rings is 1. The zero-order chi connectivity index (χ0) is 13.4. The molecule has 0 aromatic carbocycles. The summed E-state index contributed by atoms with van der Waals surface area (Å²) in [5.74, 6) is 1.03. The van der Waals surface area contributed by atoms with Gasteiger partial charge in [-0.25, -0.2) is 0 Å². The van der Waals surface area contributed by atoms with Gasteiger partial charge in [0.25, 0.3) is 0 Å². The molecule has 0 radical (unpaired) electrons. The average molecular weight is 255 g/mol. The number of likely N-dealkylation sites (tertiary alicyclic amines) is 1. The van der Waals surface area contributed by atoms with E-state index in [4.69, 9.17) is 0 Å². The monoisotopic (exact) mass is 255 g/mol. The molecule has 1 saturated heterocycles. The van der Waals surface area contributed by atoms with Gasteiger partial charge in [-0.2, -0.15) is 0 Å². The maximum absolute atomic E-state index is 11.5. The van der Waals surface area contributed by atoms with Gasteiger partial charge >= 0.3 is 0 Å². The summed E-state index contributed by atoms with van der Waals surface area (Å²) in [4.78, 5) is 14.0. The van der Waals surface area contributed by atoms with Crippen molar-refractivity contribution in [3.05, 3.63) is 0 Å².